The van der Waals surface area contributed by atoms with E-state index in [0.717, 1.165) is 12.8 Å². The van der Waals surface area contributed by atoms with Crippen molar-refractivity contribution in [3.05, 3.63) is 35.4 Å². The summed E-state index contributed by atoms with van der Waals surface area (Å²) in [5.74, 6) is 1.04. The van der Waals surface area contributed by atoms with Crippen LogP contribution in [0.1, 0.15) is 50.8 Å². The number of nitrogens with one attached hydrogen (secondary N) is 1. The molecule has 0 aromatic heterocycles. The van der Waals surface area contributed by atoms with Crippen molar-refractivity contribution in [2.24, 2.45) is 11.8 Å². The summed E-state index contributed by atoms with van der Waals surface area (Å²) in [5, 5.41) is 3.10. The van der Waals surface area contributed by atoms with Crippen molar-refractivity contribution in [1.29, 1.82) is 0 Å². The molecule has 0 aliphatic heterocycles. The fraction of sp³-hybridized carbons (Fsp3) is 0.562. The van der Waals surface area contributed by atoms with Gasteiger partial charge in [-0.25, -0.2) is 0 Å². The van der Waals surface area contributed by atoms with Gasteiger partial charge in [0, 0.05) is 5.92 Å². The molecule has 2 heteroatoms. The maximum Gasteiger partial charge on any atom is 0.223 e. The van der Waals surface area contributed by atoms with Crippen LogP contribution in [-0.4, -0.2) is 5.91 Å². The molecule has 1 amide bonds. The molecule has 0 saturated heterocycles. The molecule has 0 radical (unpaired) electrons. The minimum Gasteiger partial charge on any atom is -0.349 e. The summed E-state index contributed by atoms with van der Waals surface area (Å²) in [4.78, 5) is 11.9. The molecule has 2 nitrogen and oxygen atoms in total. The maximum atomic E-state index is 11.9. The Morgan fingerprint density at radius 2 is 2.00 bits per heavy atom. The molecule has 0 spiro atoms. The smallest absolute Gasteiger partial charge is 0.223 e. The van der Waals surface area contributed by atoms with Crippen LogP contribution in [0.25, 0.3) is 0 Å². The monoisotopic (exact) mass is 245 g/mol. The van der Waals surface area contributed by atoms with Gasteiger partial charge in [-0.3, -0.25) is 4.79 Å². The molecule has 1 N–H and O–H groups in total. The normalized spacial score (nSPS) is 23.5. The molecule has 1 aromatic rings. The molecule has 0 heterocycles. The highest BCUT2D eigenvalue weighted by molar-refractivity contribution is 5.81. The molecule has 1 aliphatic carbocycles. The Kier molecular flexibility index (Phi) is 4.05. The first-order valence-corrected chi connectivity index (χ1v) is 7.01. The van der Waals surface area contributed by atoms with Crippen LogP contribution in [0.15, 0.2) is 24.3 Å². The Morgan fingerprint density at radius 1 is 1.39 bits per heavy atom. The number of hydrogen-bond acceptors (Lipinski definition) is 1. The third-order valence-corrected chi connectivity index (χ3v) is 3.82. The average Bonchev–Trinajstić information content (AvgIpc) is 3.08. The van der Waals surface area contributed by atoms with Crippen LogP contribution >= 0.6 is 0 Å². The Hall–Kier alpha value is -1.31. The van der Waals surface area contributed by atoms with Crippen LogP contribution in [0.4, 0.5) is 0 Å². The number of rotatable bonds is 5. The van der Waals surface area contributed by atoms with Crippen LogP contribution in [-0.2, 0) is 11.2 Å². The van der Waals surface area contributed by atoms with Gasteiger partial charge in [0.25, 0.3) is 0 Å². The predicted molar refractivity (Wildman–Crippen MR) is 74.3 cm³/mol. The second-order valence-electron chi connectivity index (χ2n) is 5.54. The van der Waals surface area contributed by atoms with Gasteiger partial charge in [0.15, 0.2) is 0 Å². The first kappa shape index (κ1) is 13.1. The summed E-state index contributed by atoms with van der Waals surface area (Å²) < 4.78 is 0. The van der Waals surface area contributed by atoms with Crippen molar-refractivity contribution in [2.45, 2.75) is 46.1 Å². The molecule has 2 rings (SSSR count). The van der Waals surface area contributed by atoms with Gasteiger partial charge in [-0.05, 0) is 36.8 Å². The van der Waals surface area contributed by atoms with Crippen molar-refractivity contribution in [2.75, 3.05) is 0 Å². The van der Waals surface area contributed by atoms with Crippen molar-refractivity contribution >= 4 is 5.91 Å². The van der Waals surface area contributed by atoms with E-state index in [1.807, 2.05) is 0 Å². The van der Waals surface area contributed by atoms with E-state index in [2.05, 4.69) is 50.4 Å². The van der Waals surface area contributed by atoms with Crippen LogP contribution in [0, 0.1) is 11.8 Å². The number of carbonyl (C=O) groups excluding carboxylic acids is 1. The predicted octanol–water partition coefficient (Wildman–Crippen LogP) is 3.47. The fourth-order valence-corrected chi connectivity index (χ4v) is 2.35. The minimum absolute atomic E-state index is 0.112. The lowest BCUT2D eigenvalue weighted by Gasteiger charge is -2.14. The van der Waals surface area contributed by atoms with Crippen LogP contribution in [0.3, 0.4) is 0 Å². The number of hydrogen-bond donors (Lipinski definition) is 1. The molecule has 3 atom stereocenters. The highest BCUT2D eigenvalue weighted by Gasteiger charge is 2.39. The molecular weight excluding hydrogens is 222 g/mol. The zero-order valence-electron chi connectivity index (χ0n) is 11.6. The first-order chi connectivity index (χ1) is 8.61. The van der Waals surface area contributed by atoms with Crippen LogP contribution in [0.5, 0.6) is 0 Å². The lowest BCUT2D eigenvalue weighted by molar-refractivity contribution is -0.123. The van der Waals surface area contributed by atoms with Gasteiger partial charge >= 0.3 is 0 Å². The Morgan fingerprint density at radius 3 is 2.50 bits per heavy atom. The first-order valence-electron chi connectivity index (χ1n) is 7.01. The standard InChI is InChI=1S/C16H23NO/c1-4-5-13-6-8-14(9-7-13)12(3)17-16(18)15-10-11(15)2/h6-9,11-12,15H,4-5,10H2,1-3H3,(H,17,18)/t11-,12+,15+/m1/s1. The molecule has 1 saturated carbocycles. The second-order valence-corrected chi connectivity index (χ2v) is 5.54. The van der Waals surface area contributed by atoms with Crippen molar-refractivity contribution in [3.63, 3.8) is 0 Å². The zero-order valence-corrected chi connectivity index (χ0v) is 11.6. The Bertz CT molecular complexity index is 410. The minimum atomic E-state index is 0.112. The highest BCUT2D eigenvalue weighted by atomic mass is 16.2. The third kappa shape index (κ3) is 3.12. The lowest BCUT2D eigenvalue weighted by Crippen LogP contribution is -2.28. The number of benzene rings is 1. The number of aryl methyl sites for hydroxylation is 1. The third-order valence-electron chi connectivity index (χ3n) is 3.82. The van der Waals surface area contributed by atoms with E-state index in [4.69, 9.17) is 0 Å². The summed E-state index contributed by atoms with van der Waals surface area (Å²) in [6, 6.07) is 8.71. The lowest BCUT2D eigenvalue weighted by atomic mass is 10.0. The van der Waals surface area contributed by atoms with E-state index in [-0.39, 0.29) is 17.9 Å². The number of carbonyl (C=O) groups is 1. The fourth-order valence-electron chi connectivity index (χ4n) is 2.35. The van der Waals surface area contributed by atoms with Gasteiger partial charge in [0.1, 0.15) is 0 Å². The maximum absolute atomic E-state index is 11.9. The van der Waals surface area contributed by atoms with Gasteiger partial charge < -0.3 is 5.32 Å². The summed E-state index contributed by atoms with van der Waals surface area (Å²) in [5.41, 5.74) is 2.56. The van der Waals surface area contributed by atoms with Gasteiger partial charge in [0.2, 0.25) is 5.91 Å². The molecule has 98 valence electrons. The van der Waals surface area contributed by atoms with E-state index in [1.54, 1.807) is 0 Å². The van der Waals surface area contributed by atoms with Crippen molar-refractivity contribution in [1.82, 2.24) is 5.32 Å². The SMILES string of the molecule is CCCc1ccc([C@H](C)NC(=O)[C@H]2C[C@H]2C)cc1. The molecule has 1 aliphatic rings. The van der Waals surface area contributed by atoms with E-state index < -0.39 is 0 Å². The summed E-state index contributed by atoms with van der Waals surface area (Å²) >= 11 is 0. The molecule has 1 fully saturated rings. The van der Waals surface area contributed by atoms with E-state index in [9.17, 15) is 4.79 Å². The topological polar surface area (TPSA) is 29.1 Å². The summed E-state index contributed by atoms with van der Waals surface area (Å²) in [6.07, 6.45) is 3.35. The summed E-state index contributed by atoms with van der Waals surface area (Å²) in [7, 11) is 0. The molecule has 0 unspecified atom stereocenters. The summed E-state index contributed by atoms with van der Waals surface area (Å²) in [6.45, 7) is 6.38. The molecule has 1 aromatic carbocycles. The second kappa shape index (κ2) is 5.55. The van der Waals surface area contributed by atoms with Crippen LogP contribution in [0.2, 0.25) is 0 Å². The zero-order chi connectivity index (χ0) is 13.1. The van der Waals surface area contributed by atoms with E-state index >= 15 is 0 Å². The Labute approximate surface area is 110 Å². The van der Waals surface area contributed by atoms with Gasteiger partial charge in [-0.15, -0.1) is 0 Å². The largest absolute Gasteiger partial charge is 0.349 e. The number of amides is 1. The van der Waals surface area contributed by atoms with Crippen molar-refractivity contribution in [3.8, 4) is 0 Å². The molecule has 18 heavy (non-hydrogen) atoms. The van der Waals surface area contributed by atoms with Crippen LogP contribution < -0.4 is 5.32 Å². The van der Waals surface area contributed by atoms with Gasteiger partial charge in [-0.1, -0.05) is 44.5 Å². The molecular formula is C16H23NO. The van der Waals surface area contributed by atoms with Gasteiger partial charge in [0.05, 0.1) is 6.04 Å². The quantitative estimate of drug-likeness (QED) is 0.845. The van der Waals surface area contributed by atoms with Gasteiger partial charge in [-0.2, -0.15) is 0 Å². The average molecular weight is 245 g/mol. The van der Waals surface area contributed by atoms with Crippen molar-refractivity contribution < 1.29 is 4.79 Å². The molecule has 0 bridgehead atoms. The van der Waals surface area contributed by atoms with E-state index in [0.29, 0.717) is 5.92 Å². The van der Waals surface area contributed by atoms with E-state index in [1.165, 1.54) is 17.5 Å². The Balaban J connectivity index is 1.91. The highest BCUT2D eigenvalue weighted by Crippen LogP contribution is 2.38.